The first kappa shape index (κ1) is 18.0. The number of nitro benzene ring substituents is 1. The topological polar surface area (TPSA) is 82.6 Å². The van der Waals surface area contributed by atoms with Crippen LogP contribution in [-0.4, -0.2) is 4.92 Å². The number of hydrogen-bond donors (Lipinski definition) is 0. The molecule has 0 saturated heterocycles. The van der Waals surface area contributed by atoms with Gasteiger partial charge in [-0.1, -0.05) is 0 Å². The van der Waals surface area contributed by atoms with Crippen LogP contribution in [-0.2, 0) is 19.0 Å². The van der Waals surface area contributed by atoms with Gasteiger partial charge in [-0.15, -0.1) is 0 Å². The van der Waals surface area contributed by atoms with Gasteiger partial charge in [-0.05, 0) is 43.0 Å². The maximum atomic E-state index is 13.3. The van der Waals surface area contributed by atoms with Gasteiger partial charge in [0.15, 0.2) is 0 Å². The van der Waals surface area contributed by atoms with Crippen molar-refractivity contribution in [3.05, 3.63) is 73.6 Å². The van der Waals surface area contributed by atoms with Crippen LogP contribution in [0.5, 0.6) is 11.5 Å². The molecule has 9 heteroatoms. The van der Waals surface area contributed by atoms with E-state index in [4.69, 9.17) is 9.15 Å². The number of nitrogens with zero attached hydrogens (tertiary/aromatic N) is 1. The first-order valence-electron chi connectivity index (χ1n) is 8.36. The van der Waals surface area contributed by atoms with Crippen molar-refractivity contribution in [2.75, 3.05) is 0 Å². The number of aryl methyl sites for hydroxylation is 1. The second-order valence-electron chi connectivity index (χ2n) is 6.40. The lowest BCUT2D eigenvalue weighted by Gasteiger charge is -2.14. The quantitative estimate of drug-likeness (QED) is 0.356. The maximum Gasteiger partial charge on any atom is 0.420 e. The lowest BCUT2D eigenvalue weighted by Crippen LogP contribution is -2.08. The number of ether oxygens (including phenoxy) is 1. The van der Waals surface area contributed by atoms with Gasteiger partial charge in [0.05, 0.1) is 4.92 Å². The molecular formula is C19H12F3NO5. The van der Waals surface area contributed by atoms with Crippen LogP contribution in [0.25, 0.3) is 11.0 Å². The van der Waals surface area contributed by atoms with E-state index in [1.165, 1.54) is 12.1 Å². The van der Waals surface area contributed by atoms with E-state index in [2.05, 4.69) is 0 Å². The molecule has 2 aromatic carbocycles. The Labute approximate surface area is 155 Å². The molecule has 0 amide bonds. The van der Waals surface area contributed by atoms with Gasteiger partial charge in [0.2, 0.25) is 0 Å². The number of halogens is 3. The minimum atomic E-state index is -4.84. The predicted octanol–water partition coefficient (Wildman–Crippen LogP) is 5.00. The third kappa shape index (κ3) is 3.08. The van der Waals surface area contributed by atoms with Gasteiger partial charge in [0.25, 0.3) is 5.69 Å². The molecule has 1 aliphatic rings. The van der Waals surface area contributed by atoms with Crippen molar-refractivity contribution >= 4 is 16.7 Å². The van der Waals surface area contributed by atoms with Gasteiger partial charge in [-0.3, -0.25) is 10.1 Å². The third-order valence-corrected chi connectivity index (χ3v) is 4.65. The van der Waals surface area contributed by atoms with Crippen LogP contribution in [0.2, 0.25) is 0 Å². The van der Waals surface area contributed by atoms with Gasteiger partial charge in [0, 0.05) is 29.1 Å². The van der Waals surface area contributed by atoms with E-state index in [1.807, 2.05) is 0 Å². The monoisotopic (exact) mass is 391 g/mol. The number of non-ortho nitro benzene ring substituents is 1. The van der Waals surface area contributed by atoms with E-state index in [0.717, 1.165) is 35.9 Å². The summed E-state index contributed by atoms with van der Waals surface area (Å²) in [6.45, 7) is 0. The van der Waals surface area contributed by atoms with Crippen molar-refractivity contribution in [3.63, 3.8) is 0 Å². The van der Waals surface area contributed by atoms with Gasteiger partial charge < -0.3 is 9.15 Å². The first-order chi connectivity index (χ1) is 13.2. The summed E-state index contributed by atoms with van der Waals surface area (Å²) in [6, 6.07) is 6.70. The highest BCUT2D eigenvalue weighted by molar-refractivity contribution is 5.83. The van der Waals surface area contributed by atoms with E-state index >= 15 is 0 Å². The normalized spacial score (nSPS) is 13.5. The molecule has 0 saturated carbocycles. The lowest BCUT2D eigenvalue weighted by molar-refractivity contribution is -0.385. The Bertz CT molecular complexity index is 1170. The molecule has 0 N–H and O–H groups in total. The average molecular weight is 391 g/mol. The molecule has 6 nitrogen and oxygen atoms in total. The number of nitro groups is 1. The Morgan fingerprint density at radius 3 is 2.54 bits per heavy atom. The Morgan fingerprint density at radius 1 is 1.07 bits per heavy atom. The zero-order chi connectivity index (χ0) is 20.1. The van der Waals surface area contributed by atoms with Crippen LogP contribution in [0.1, 0.15) is 23.1 Å². The minimum absolute atomic E-state index is 0.0212. The minimum Gasteiger partial charge on any atom is -0.457 e. The van der Waals surface area contributed by atoms with Crippen molar-refractivity contribution in [2.24, 2.45) is 0 Å². The summed E-state index contributed by atoms with van der Waals surface area (Å²) in [4.78, 5) is 21.9. The Hall–Kier alpha value is -3.36. The van der Waals surface area contributed by atoms with Crippen LogP contribution < -0.4 is 10.4 Å². The summed E-state index contributed by atoms with van der Waals surface area (Å²) in [6.07, 6.45) is -2.62. The highest BCUT2D eigenvalue weighted by atomic mass is 19.4. The zero-order valence-corrected chi connectivity index (χ0v) is 14.2. The maximum absolute atomic E-state index is 13.3. The van der Waals surface area contributed by atoms with Crippen molar-refractivity contribution in [2.45, 2.75) is 25.4 Å². The second-order valence-corrected chi connectivity index (χ2v) is 6.40. The summed E-state index contributed by atoms with van der Waals surface area (Å²) in [7, 11) is 0. The number of rotatable bonds is 3. The van der Waals surface area contributed by atoms with Crippen molar-refractivity contribution in [3.8, 4) is 11.5 Å². The fourth-order valence-electron chi connectivity index (χ4n) is 3.40. The molecule has 144 valence electrons. The number of hydrogen-bond acceptors (Lipinski definition) is 5. The van der Waals surface area contributed by atoms with E-state index in [9.17, 15) is 28.1 Å². The molecule has 0 spiro atoms. The molecule has 0 bridgehead atoms. The number of fused-ring (bicyclic) bond motifs is 3. The molecule has 3 aromatic rings. The Morgan fingerprint density at radius 2 is 1.82 bits per heavy atom. The predicted molar refractivity (Wildman–Crippen MR) is 92.7 cm³/mol. The van der Waals surface area contributed by atoms with E-state index in [0.29, 0.717) is 18.1 Å². The molecule has 1 aliphatic carbocycles. The van der Waals surface area contributed by atoms with Crippen LogP contribution >= 0.6 is 0 Å². The molecular weight excluding hydrogens is 379 g/mol. The highest BCUT2D eigenvalue weighted by Gasteiger charge is 2.36. The Kier molecular flexibility index (Phi) is 4.10. The first-order valence-corrected chi connectivity index (χ1v) is 8.36. The molecule has 0 aliphatic heterocycles. The van der Waals surface area contributed by atoms with E-state index in [-0.39, 0.29) is 11.3 Å². The van der Waals surface area contributed by atoms with Gasteiger partial charge >= 0.3 is 11.8 Å². The molecule has 0 unspecified atom stereocenters. The lowest BCUT2D eigenvalue weighted by atomic mass is 10.1. The van der Waals surface area contributed by atoms with E-state index in [1.54, 1.807) is 6.07 Å². The van der Waals surface area contributed by atoms with Gasteiger partial charge in [-0.2, -0.15) is 13.2 Å². The van der Waals surface area contributed by atoms with Crippen LogP contribution in [0.3, 0.4) is 0 Å². The molecule has 1 aromatic heterocycles. The summed E-state index contributed by atoms with van der Waals surface area (Å²) < 4.78 is 50.5. The van der Waals surface area contributed by atoms with Crippen LogP contribution in [0.4, 0.5) is 18.9 Å². The fraction of sp³-hybridized carbons (Fsp3) is 0.211. The standard InChI is InChI=1S/C19H12F3NO5/c20-19(21,22)15-8-10(23(25)26)4-7-16(15)27-11-5-6-13-12-2-1-3-14(12)18(24)28-17(13)9-11/h4-9H,1-3H2. The van der Waals surface area contributed by atoms with Crippen LogP contribution in [0.15, 0.2) is 45.6 Å². The summed E-state index contributed by atoms with van der Waals surface area (Å²) >= 11 is 0. The SMILES string of the molecule is O=c1oc2cc(Oc3ccc([N+](=O)[O-])cc3C(F)(F)F)ccc2c2c1CCC2. The smallest absolute Gasteiger partial charge is 0.420 e. The number of alkyl halides is 3. The highest BCUT2D eigenvalue weighted by Crippen LogP contribution is 2.40. The molecule has 0 fully saturated rings. The van der Waals surface area contributed by atoms with Gasteiger partial charge in [-0.25, -0.2) is 4.79 Å². The summed E-state index contributed by atoms with van der Waals surface area (Å²) in [5.41, 5.74) is -0.668. The molecule has 4 rings (SSSR count). The van der Waals surface area contributed by atoms with E-state index < -0.39 is 33.7 Å². The Balaban J connectivity index is 1.77. The van der Waals surface area contributed by atoms with Gasteiger partial charge in [0.1, 0.15) is 22.6 Å². The molecule has 1 heterocycles. The number of benzene rings is 2. The molecule has 28 heavy (non-hydrogen) atoms. The summed E-state index contributed by atoms with van der Waals surface area (Å²) in [5, 5.41) is 11.5. The summed E-state index contributed by atoms with van der Waals surface area (Å²) in [5.74, 6) is -0.561. The largest absolute Gasteiger partial charge is 0.457 e. The average Bonchev–Trinajstić information content (AvgIpc) is 3.11. The second kappa shape index (κ2) is 6.36. The van der Waals surface area contributed by atoms with Crippen molar-refractivity contribution in [1.29, 1.82) is 0 Å². The molecule has 0 radical (unpaired) electrons. The zero-order valence-electron chi connectivity index (χ0n) is 14.2. The van der Waals surface area contributed by atoms with Crippen molar-refractivity contribution < 1.29 is 27.2 Å². The van der Waals surface area contributed by atoms with Crippen LogP contribution in [0, 0.1) is 10.1 Å². The molecule has 0 atom stereocenters. The third-order valence-electron chi connectivity index (χ3n) is 4.65. The van der Waals surface area contributed by atoms with Crippen molar-refractivity contribution in [1.82, 2.24) is 0 Å². The fourth-order valence-corrected chi connectivity index (χ4v) is 3.40.